The van der Waals surface area contributed by atoms with Crippen molar-refractivity contribution in [3.63, 3.8) is 0 Å². The molecule has 0 unspecified atom stereocenters. The molecular weight excluding hydrogens is 252 g/mol. The number of nitrogens with one attached hydrogen (secondary N) is 1. The molecule has 2 N–H and O–H groups in total. The maximum absolute atomic E-state index is 9.28. The van der Waals surface area contributed by atoms with Crippen LogP contribution in [0.4, 0.5) is 11.6 Å². The van der Waals surface area contributed by atoms with Crippen molar-refractivity contribution in [1.29, 1.82) is 0 Å². The molecule has 1 saturated carbocycles. The fourth-order valence-corrected chi connectivity index (χ4v) is 2.41. The summed E-state index contributed by atoms with van der Waals surface area (Å²) in [5.74, 6) is 3.41. The molecule has 1 fully saturated rings. The Labute approximate surface area is 121 Å². The van der Waals surface area contributed by atoms with Gasteiger partial charge in [-0.15, -0.1) is 0 Å². The average Bonchev–Trinajstić information content (AvgIpc) is 3.26. The van der Waals surface area contributed by atoms with Gasteiger partial charge in [-0.3, -0.25) is 0 Å². The lowest BCUT2D eigenvalue weighted by Crippen LogP contribution is -2.30. The lowest BCUT2D eigenvalue weighted by atomic mass is 10.2. The highest BCUT2D eigenvalue weighted by Crippen LogP contribution is 2.40. The third-order valence-electron chi connectivity index (χ3n) is 3.59. The Bertz CT molecular complexity index is 440. The molecule has 1 aromatic heterocycles. The monoisotopic (exact) mass is 278 g/mol. The predicted octanol–water partition coefficient (Wildman–Crippen LogP) is 2.30. The van der Waals surface area contributed by atoms with Crippen molar-refractivity contribution in [3.8, 4) is 0 Å². The maximum atomic E-state index is 9.28. The third kappa shape index (κ3) is 3.39. The smallest absolute Gasteiger partial charge is 0.137 e. The Morgan fingerprint density at radius 3 is 2.55 bits per heavy atom. The van der Waals surface area contributed by atoms with Crippen LogP contribution in [0.2, 0.25) is 0 Å². The number of nitrogens with zero attached hydrogens (tertiary/aromatic N) is 3. The maximum Gasteiger partial charge on any atom is 0.137 e. The second kappa shape index (κ2) is 6.88. The highest BCUT2D eigenvalue weighted by Gasteiger charge is 2.29. The minimum absolute atomic E-state index is 0.152. The van der Waals surface area contributed by atoms with Gasteiger partial charge in [0.05, 0.1) is 6.61 Å². The molecule has 0 radical (unpaired) electrons. The van der Waals surface area contributed by atoms with E-state index in [0.717, 1.165) is 42.5 Å². The first kappa shape index (κ1) is 15.0. The normalized spacial score (nSPS) is 14.4. The quantitative estimate of drug-likeness (QED) is 0.764. The summed E-state index contributed by atoms with van der Waals surface area (Å²) in [6, 6.07) is 0. The van der Waals surface area contributed by atoms with Gasteiger partial charge in [-0.1, -0.05) is 6.92 Å². The molecule has 1 aliphatic rings. The summed E-state index contributed by atoms with van der Waals surface area (Å²) in [6.45, 7) is 8.83. The van der Waals surface area contributed by atoms with E-state index in [1.54, 1.807) is 0 Å². The standard InChI is InChI=1S/C15H26N4O/c1-4-8-19(9-10-20)15-11(3)13(16-5-2)17-14(18-15)12-6-7-12/h12,20H,4-10H2,1-3H3,(H,16,17,18). The molecule has 0 atom stereocenters. The van der Waals surface area contributed by atoms with E-state index in [4.69, 9.17) is 4.98 Å². The summed E-state index contributed by atoms with van der Waals surface area (Å²) in [6.07, 6.45) is 3.43. The Morgan fingerprint density at radius 2 is 2.00 bits per heavy atom. The molecule has 0 aliphatic heterocycles. The fourth-order valence-electron chi connectivity index (χ4n) is 2.41. The molecule has 5 nitrogen and oxygen atoms in total. The van der Waals surface area contributed by atoms with Gasteiger partial charge in [-0.25, -0.2) is 9.97 Å². The van der Waals surface area contributed by atoms with Crippen LogP contribution in [0.1, 0.15) is 50.4 Å². The van der Waals surface area contributed by atoms with Gasteiger partial charge in [0.1, 0.15) is 17.5 Å². The summed E-state index contributed by atoms with van der Waals surface area (Å²) in [5, 5.41) is 12.6. The third-order valence-corrected chi connectivity index (χ3v) is 3.59. The molecule has 20 heavy (non-hydrogen) atoms. The zero-order valence-electron chi connectivity index (χ0n) is 12.8. The Kier molecular flexibility index (Phi) is 5.17. The molecule has 0 aromatic carbocycles. The molecule has 1 aliphatic carbocycles. The minimum Gasteiger partial charge on any atom is -0.395 e. The van der Waals surface area contributed by atoms with Crippen molar-refractivity contribution in [2.45, 2.75) is 46.0 Å². The summed E-state index contributed by atoms with van der Waals surface area (Å²) in [7, 11) is 0. The lowest BCUT2D eigenvalue weighted by molar-refractivity contribution is 0.301. The van der Waals surface area contributed by atoms with E-state index in [9.17, 15) is 5.11 Å². The fraction of sp³-hybridized carbons (Fsp3) is 0.733. The highest BCUT2D eigenvalue weighted by atomic mass is 16.3. The second-order valence-electron chi connectivity index (χ2n) is 5.39. The number of hydrogen-bond acceptors (Lipinski definition) is 5. The van der Waals surface area contributed by atoms with Gasteiger partial charge in [0.25, 0.3) is 0 Å². The van der Waals surface area contributed by atoms with Crippen LogP contribution in [0.25, 0.3) is 0 Å². The summed E-state index contributed by atoms with van der Waals surface area (Å²) in [4.78, 5) is 11.6. The van der Waals surface area contributed by atoms with Crippen LogP contribution in [0.5, 0.6) is 0 Å². The van der Waals surface area contributed by atoms with Gasteiger partial charge >= 0.3 is 0 Å². The number of aliphatic hydroxyl groups excluding tert-OH is 1. The van der Waals surface area contributed by atoms with Crippen molar-refractivity contribution in [2.75, 3.05) is 36.5 Å². The molecule has 0 saturated heterocycles. The number of anilines is 2. The van der Waals surface area contributed by atoms with E-state index in [1.807, 2.05) is 0 Å². The average molecular weight is 278 g/mol. The van der Waals surface area contributed by atoms with Crippen LogP contribution in [0.3, 0.4) is 0 Å². The predicted molar refractivity (Wildman–Crippen MR) is 82.5 cm³/mol. The van der Waals surface area contributed by atoms with E-state index in [2.05, 4.69) is 36.0 Å². The first-order valence-electron chi connectivity index (χ1n) is 7.69. The molecule has 5 heteroatoms. The number of hydrogen-bond donors (Lipinski definition) is 2. The van der Waals surface area contributed by atoms with E-state index in [-0.39, 0.29) is 6.61 Å². The molecule has 1 heterocycles. The van der Waals surface area contributed by atoms with Crippen molar-refractivity contribution >= 4 is 11.6 Å². The Morgan fingerprint density at radius 1 is 1.25 bits per heavy atom. The van der Waals surface area contributed by atoms with E-state index >= 15 is 0 Å². The van der Waals surface area contributed by atoms with Gasteiger partial charge in [0.15, 0.2) is 0 Å². The largest absolute Gasteiger partial charge is 0.395 e. The second-order valence-corrected chi connectivity index (χ2v) is 5.39. The summed E-state index contributed by atoms with van der Waals surface area (Å²) < 4.78 is 0. The van der Waals surface area contributed by atoms with Crippen molar-refractivity contribution in [1.82, 2.24) is 9.97 Å². The first-order chi connectivity index (χ1) is 9.71. The lowest BCUT2D eigenvalue weighted by Gasteiger charge is -2.25. The number of rotatable bonds is 8. The van der Waals surface area contributed by atoms with Crippen LogP contribution in [0.15, 0.2) is 0 Å². The van der Waals surface area contributed by atoms with E-state index in [1.165, 1.54) is 12.8 Å². The number of aromatic nitrogens is 2. The topological polar surface area (TPSA) is 61.3 Å². The number of aliphatic hydroxyl groups is 1. The van der Waals surface area contributed by atoms with Crippen molar-refractivity contribution in [2.24, 2.45) is 0 Å². The molecule has 0 amide bonds. The van der Waals surface area contributed by atoms with Crippen LogP contribution in [0, 0.1) is 6.92 Å². The first-order valence-corrected chi connectivity index (χ1v) is 7.69. The van der Waals surface area contributed by atoms with Crippen LogP contribution >= 0.6 is 0 Å². The SMILES string of the molecule is CCCN(CCO)c1nc(C2CC2)nc(NCC)c1C. The molecule has 2 rings (SSSR count). The molecule has 112 valence electrons. The molecular formula is C15H26N4O. The molecule has 0 spiro atoms. The minimum atomic E-state index is 0.152. The van der Waals surface area contributed by atoms with Gasteiger partial charge in [-0.05, 0) is 33.1 Å². The summed E-state index contributed by atoms with van der Waals surface area (Å²) >= 11 is 0. The Hall–Kier alpha value is -1.36. The Balaban J connectivity index is 2.37. The van der Waals surface area contributed by atoms with Crippen molar-refractivity contribution in [3.05, 3.63) is 11.4 Å². The van der Waals surface area contributed by atoms with Gasteiger partial charge in [0, 0.05) is 31.1 Å². The molecule has 1 aromatic rings. The van der Waals surface area contributed by atoms with Gasteiger partial charge < -0.3 is 15.3 Å². The van der Waals surface area contributed by atoms with Crippen LogP contribution < -0.4 is 10.2 Å². The zero-order chi connectivity index (χ0) is 14.5. The van der Waals surface area contributed by atoms with E-state index in [0.29, 0.717) is 12.5 Å². The van der Waals surface area contributed by atoms with Gasteiger partial charge in [-0.2, -0.15) is 0 Å². The van der Waals surface area contributed by atoms with Gasteiger partial charge in [0.2, 0.25) is 0 Å². The zero-order valence-corrected chi connectivity index (χ0v) is 12.8. The highest BCUT2D eigenvalue weighted by molar-refractivity contribution is 5.59. The van der Waals surface area contributed by atoms with Crippen LogP contribution in [-0.4, -0.2) is 41.3 Å². The van der Waals surface area contributed by atoms with E-state index < -0.39 is 0 Å². The van der Waals surface area contributed by atoms with Crippen molar-refractivity contribution < 1.29 is 5.11 Å². The molecule has 0 bridgehead atoms. The van der Waals surface area contributed by atoms with Crippen LogP contribution in [-0.2, 0) is 0 Å². The summed E-state index contributed by atoms with van der Waals surface area (Å²) in [5.41, 5.74) is 1.08.